The van der Waals surface area contributed by atoms with Gasteiger partial charge in [-0.25, -0.2) is 4.98 Å². The maximum Gasteiger partial charge on any atom is 0.119 e. The summed E-state index contributed by atoms with van der Waals surface area (Å²) in [7, 11) is 0. The summed E-state index contributed by atoms with van der Waals surface area (Å²) in [5.41, 5.74) is 1.57. The molecular weight excluding hydrogens is 302 g/mol. The standard InChI is InChI=1S/C19H27N3O2/c1-3-22-15-20-11-17(22)12-21-9-5-8-19(23,13-21)14-24-18-7-4-6-16(2)10-18/h4,6-7,10-11,15,23H,3,5,8-9,12-14H2,1-2H3. The number of β-amino-alcohol motifs (C(OH)–C–C–N with tert-alkyl or cyclic N) is 1. The summed E-state index contributed by atoms with van der Waals surface area (Å²) in [5.74, 6) is 0.824. The third-order valence-corrected chi connectivity index (χ3v) is 4.66. The molecule has 24 heavy (non-hydrogen) atoms. The topological polar surface area (TPSA) is 50.5 Å². The Morgan fingerprint density at radius 3 is 3.04 bits per heavy atom. The van der Waals surface area contributed by atoms with Gasteiger partial charge in [-0.05, 0) is 50.9 Å². The summed E-state index contributed by atoms with van der Waals surface area (Å²) in [5, 5.41) is 10.9. The fourth-order valence-electron chi connectivity index (χ4n) is 3.38. The van der Waals surface area contributed by atoms with E-state index in [-0.39, 0.29) is 0 Å². The zero-order valence-corrected chi connectivity index (χ0v) is 14.6. The highest BCUT2D eigenvalue weighted by Gasteiger charge is 2.34. The Hall–Kier alpha value is -1.85. The average Bonchev–Trinajstić information content (AvgIpc) is 3.00. The fourth-order valence-corrected chi connectivity index (χ4v) is 3.38. The van der Waals surface area contributed by atoms with Crippen LogP contribution in [0, 0.1) is 6.92 Å². The molecule has 1 N–H and O–H groups in total. The van der Waals surface area contributed by atoms with Crippen molar-refractivity contribution in [1.82, 2.24) is 14.5 Å². The smallest absolute Gasteiger partial charge is 0.119 e. The summed E-state index contributed by atoms with van der Waals surface area (Å²) >= 11 is 0. The number of hydrogen-bond acceptors (Lipinski definition) is 4. The van der Waals surface area contributed by atoms with E-state index in [0.717, 1.165) is 43.8 Å². The Bertz CT molecular complexity index is 670. The van der Waals surface area contributed by atoms with Crippen LogP contribution in [0.4, 0.5) is 0 Å². The number of ether oxygens (including phenoxy) is 1. The van der Waals surface area contributed by atoms with Gasteiger partial charge in [0.15, 0.2) is 0 Å². The van der Waals surface area contributed by atoms with E-state index in [4.69, 9.17) is 4.74 Å². The van der Waals surface area contributed by atoms with E-state index in [1.54, 1.807) is 0 Å². The van der Waals surface area contributed by atoms with Crippen molar-refractivity contribution >= 4 is 0 Å². The second-order valence-electron chi connectivity index (χ2n) is 6.81. The van der Waals surface area contributed by atoms with Gasteiger partial charge in [0.1, 0.15) is 18.0 Å². The summed E-state index contributed by atoms with van der Waals surface area (Å²) in [6, 6.07) is 7.97. The molecule has 2 aromatic rings. The maximum atomic E-state index is 10.9. The Morgan fingerprint density at radius 2 is 2.25 bits per heavy atom. The largest absolute Gasteiger partial charge is 0.491 e. The average molecular weight is 329 g/mol. The first-order valence-corrected chi connectivity index (χ1v) is 8.71. The van der Waals surface area contributed by atoms with Crippen LogP contribution < -0.4 is 4.74 Å². The van der Waals surface area contributed by atoms with E-state index in [0.29, 0.717) is 13.2 Å². The molecule has 2 heterocycles. The molecule has 1 unspecified atom stereocenters. The molecule has 5 nitrogen and oxygen atoms in total. The highest BCUT2D eigenvalue weighted by molar-refractivity contribution is 5.27. The minimum absolute atomic E-state index is 0.333. The summed E-state index contributed by atoms with van der Waals surface area (Å²) in [6.45, 7) is 7.87. The van der Waals surface area contributed by atoms with Crippen molar-refractivity contribution in [3.8, 4) is 5.75 Å². The number of imidazole rings is 1. The van der Waals surface area contributed by atoms with Crippen molar-refractivity contribution < 1.29 is 9.84 Å². The van der Waals surface area contributed by atoms with Crippen molar-refractivity contribution in [1.29, 1.82) is 0 Å². The fraction of sp³-hybridized carbons (Fsp3) is 0.526. The van der Waals surface area contributed by atoms with E-state index in [9.17, 15) is 5.11 Å². The van der Waals surface area contributed by atoms with Crippen molar-refractivity contribution in [3.63, 3.8) is 0 Å². The molecule has 1 aromatic heterocycles. The van der Waals surface area contributed by atoms with E-state index in [1.165, 1.54) is 5.69 Å². The molecule has 0 saturated carbocycles. The molecule has 5 heteroatoms. The maximum absolute atomic E-state index is 10.9. The highest BCUT2D eigenvalue weighted by Crippen LogP contribution is 2.24. The number of piperidine rings is 1. The second kappa shape index (κ2) is 7.36. The Balaban J connectivity index is 1.59. The summed E-state index contributed by atoms with van der Waals surface area (Å²) < 4.78 is 8.01. The normalized spacial score (nSPS) is 21.8. The number of likely N-dealkylation sites (tertiary alicyclic amines) is 1. The quantitative estimate of drug-likeness (QED) is 0.885. The van der Waals surface area contributed by atoms with Gasteiger partial charge in [0, 0.05) is 25.8 Å². The van der Waals surface area contributed by atoms with E-state index < -0.39 is 5.60 Å². The number of hydrogen-bond donors (Lipinski definition) is 1. The van der Waals surface area contributed by atoms with Gasteiger partial charge >= 0.3 is 0 Å². The zero-order valence-electron chi connectivity index (χ0n) is 14.6. The molecule has 1 aliphatic heterocycles. The molecule has 130 valence electrons. The highest BCUT2D eigenvalue weighted by atomic mass is 16.5. The zero-order chi connectivity index (χ0) is 17.0. The van der Waals surface area contributed by atoms with Crippen LogP contribution in [0.25, 0.3) is 0 Å². The number of aromatic nitrogens is 2. The van der Waals surface area contributed by atoms with Crippen LogP contribution in [0.2, 0.25) is 0 Å². The molecule has 1 saturated heterocycles. The van der Waals surface area contributed by atoms with Crippen LogP contribution in [-0.4, -0.2) is 44.9 Å². The van der Waals surface area contributed by atoms with Crippen LogP contribution in [0.5, 0.6) is 5.75 Å². The molecule has 0 spiro atoms. The van der Waals surface area contributed by atoms with Crippen LogP contribution >= 0.6 is 0 Å². The van der Waals surface area contributed by atoms with Crippen LogP contribution in [-0.2, 0) is 13.1 Å². The first kappa shape index (κ1) is 17.0. The van der Waals surface area contributed by atoms with Gasteiger partial charge in [-0.15, -0.1) is 0 Å². The van der Waals surface area contributed by atoms with Crippen molar-refractivity contribution in [2.45, 2.75) is 45.4 Å². The number of benzene rings is 1. The van der Waals surface area contributed by atoms with Crippen LogP contribution in [0.1, 0.15) is 31.0 Å². The molecule has 1 aromatic carbocycles. The second-order valence-corrected chi connectivity index (χ2v) is 6.81. The first-order chi connectivity index (χ1) is 11.6. The van der Waals surface area contributed by atoms with Gasteiger partial charge in [-0.2, -0.15) is 0 Å². The monoisotopic (exact) mass is 329 g/mol. The lowest BCUT2D eigenvalue weighted by Crippen LogP contribution is -2.51. The van der Waals surface area contributed by atoms with Gasteiger partial charge < -0.3 is 14.4 Å². The number of nitrogens with zero attached hydrogens (tertiary/aromatic N) is 3. The third kappa shape index (κ3) is 4.16. The van der Waals surface area contributed by atoms with Gasteiger partial charge in [0.2, 0.25) is 0 Å². The molecule has 0 radical (unpaired) electrons. The molecule has 1 fully saturated rings. The Labute approximate surface area is 143 Å². The summed E-state index contributed by atoms with van der Waals surface area (Å²) in [6.07, 6.45) is 5.54. The predicted molar refractivity (Wildman–Crippen MR) is 94.0 cm³/mol. The Morgan fingerprint density at radius 1 is 1.38 bits per heavy atom. The van der Waals surface area contributed by atoms with E-state index in [2.05, 4.69) is 21.4 Å². The SMILES string of the molecule is CCn1cncc1CN1CCCC(O)(COc2cccc(C)c2)C1. The molecule has 1 aliphatic rings. The molecule has 1 atom stereocenters. The van der Waals surface area contributed by atoms with Gasteiger partial charge in [0.05, 0.1) is 12.0 Å². The minimum atomic E-state index is -0.793. The molecule has 3 rings (SSSR count). The van der Waals surface area contributed by atoms with Crippen LogP contribution in [0.15, 0.2) is 36.8 Å². The number of aliphatic hydroxyl groups is 1. The lowest BCUT2D eigenvalue weighted by atomic mass is 9.93. The molecular formula is C19H27N3O2. The molecule has 0 aliphatic carbocycles. The van der Waals surface area contributed by atoms with Crippen LogP contribution in [0.3, 0.4) is 0 Å². The Kier molecular flexibility index (Phi) is 5.21. The molecule has 0 bridgehead atoms. The molecule has 0 amide bonds. The number of aryl methyl sites for hydroxylation is 2. The van der Waals surface area contributed by atoms with E-state index >= 15 is 0 Å². The first-order valence-electron chi connectivity index (χ1n) is 8.71. The van der Waals surface area contributed by atoms with E-state index in [1.807, 2.05) is 43.7 Å². The van der Waals surface area contributed by atoms with Gasteiger partial charge in [-0.3, -0.25) is 4.90 Å². The minimum Gasteiger partial charge on any atom is -0.491 e. The van der Waals surface area contributed by atoms with Crippen molar-refractivity contribution in [2.75, 3.05) is 19.7 Å². The van der Waals surface area contributed by atoms with Crippen molar-refractivity contribution in [3.05, 3.63) is 48.0 Å². The van der Waals surface area contributed by atoms with Gasteiger partial charge in [-0.1, -0.05) is 12.1 Å². The van der Waals surface area contributed by atoms with Crippen molar-refractivity contribution in [2.24, 2.45) is 0 Å². The summed E-state index contributed by atoms with van der Waals surface area (Å²) in [4.78, 5) is 6.53. The number of rotatable bonds is 6. The lowest BCUT2D eigenvalue weighted by Gasteiger charge is -2.39. The lowest BCUT2D eigenvalue weighted by molar-refractivity contribution is -0.0625. The van der Waals surface area contributed by atoms with Gasteiger partial charge in [0.25, 0.3) is 0 Å². The predicted octanol–water partition coefficient (Wildman–Crippen LogP) is 2.62. The third-order valence-electron chi connectivity index (χ3n) is 4.66.